The molecule has 24 heavy (non-hydrogen) atoms. The fourth-order valence-corrected chi connectivity index (χ4v) is 3.06. The van der Waals surface area contributed by atoms with E-state index in [4.69, 9.17) is 4.74 Å². The summed E-state index contributed by atoms with van der Waals surface area (Å²) in [6, 6.07) is 6.89. The van der Waals surface area contributed by atoms with Gasteiger partial charge in [0.25, 0.3) is 0 Å². The number of ether oxygens (including phenoxy) is 1. The highest BCUT2D eigenvalue weighted by atomic mass is 32.1. The van der Waals surface area contributed by atoms with Gasteiger partial charge in [-0.2, -0.15) is 0 Å². The number of hydrogen-bond acceptors (Lipinski definition) is 5. The first-order chi connectivity index (χ1) is 11.7. The molecule has 0 spiro atoms. The number of anilines is 2. The number of aromatic nitrogens is 2. The molecule has 0 fully saturated rings. The van der Waals surface area contributed by atoms with Crippen molar-refractivity contribution in [2.24, 2.45) is 0 Å². The number of urea groups is 1. The quantitative estimate of drug-likeness (QED) is 0.644. The number of para-hydroxylation sites is 2. The summed E-state index contributed by atoms with van der Waals surface area (Å²) >= 11 is 1.42. The van der Waals surface area contributed by atoms with Crippen molar-refractivity contribution in [3.63, 3.8) is 0 Å². The molecule has 0 atom stereocenters. The number of amides is 2. The van der Waals surface area contributed by atoms with Gasteiger partial charge in [0.15, 0.2) is 0 Å². The van der Waals surface area contributed by atoms with Crippen LogP contribution in [0.25, 0.3) is 0 Å². The van der Waals surface area contributed by atoms with Gasteiger partial charge >= 0.3 is 6.03 Å². The van der Waals surface area contributed by atoms with Crippen LogP contribution in [0, 0.1) is 0 Å². The Bertz CT molecular complexity index is 645. The van der Waals surface area contributed by atoms with Crippen LogP contribution in [0.3, 0.4) is 0 Å². The SMILES string of the molecule is CCCCCCCc1nnc(NC(=O)Nc2ccccc2OC)s1. The van der Waals surface area contributed by atoms with Gasteiger partial charge in [-0.05, 0) is 18.6 Å². The maximum absolute atomic E-state index is 12.1. The third kappa shape index (κ3) is 5.81. The number of carbonyl (C=O) groups is 1. The number of nitrogens with one attached hydrogen (secondary N) is 2. The van der Waals surface area contributed by atoms with Crippen LogP contribution < -0.4 is 15.4 Å². The van der Waals surface area contributed by atoms with Crippen LogP contribution in [0.5, 0.6) is 5.75 Å². The number of rotatable bonds is 9. The van der Waals surface area contributed by atoms with Crippen LogP contribution in [-0.4, -0.2) is 23.3 Å². The Morgan fingerprint density at radius 2 is 1.92 bits per heavy atom. The molecule has 1 heterocycles. The second kappa shape index (κ2) is 9.87. The van der Waals surface area contributed by atoms with Crippen molar-refractivity contribution in [1.82, 2.24) is 10.2 Å². The third-order valence-corrected chi connectivity index (χ3v) is 4.44. The summed E-state index contributed by atoms with van der Waals surface area (Å²) < 4.78 is 5.20. The minimum atomic E-state index is -0.356. The molecule has 0 bridgehead atoms. The van der Waals surface area contributed by atoms with Crippen LogP contribution in [0.15, 0.2) is 24.3 Å². The van der Waals surface area contributed by atoms with E-state index in [1.54, 1.807) is 19.2 Å². The van der Waals surface area contributed by atoms with Crippen molar-refractivity contribution in [2.45, 2.75) is 45.4 Å². The first-order valence-electron chi connectivity index (χ1n) is 8.26. The number of methoxy groups -OCH3 is 1. The summed E-state index contributed by atoms with van der Waals surface area (Å²) in [6.45, 7) is 2.21. The first kappa shape index (κ1) is 18.2. The van der Waals surface area contributed by atoms with E-state index >= 15 is 0 Å². The predicted molar refractivity (Wildman–Crippen MR) is 98.0 cm³/mol. The van der Waals surface area contributed by atoms with Gasteiger partial charge in [0.1, 0.15) is 10.8 Å². The second-order valence-electron chi connectivity index (χ2n) is 5.44. The minimum Gasteiger partial charge on any atom is -0.495 e. The lowest BCUT2D eigenvalue weighted by Crippen LogP contribution is -2.19. The summed E-state index contributed by atoms with van der Waals surface area (Å²) in [6.07, 6.45) is 7.03. The van der Waals surface area contributed by atoms with Crippen LogP contribution in [0.1, 0.15) is 44.0 Å². The lowest BCUT2D eigenvalue weighted by Gasteiger charge is -2.09. The molecule has 0 unspecified atom stereocenters. The number of hydrogen-bond donors (Lipinski definition) is 2. The van der Waals surface area contributed by atoms with Crippen molar-refractivity contribution in [1.29, 1.82) is 0 Å². The second-order valence-corrected chi connectivity index (χ2v) is 6.51. The zero-order valence-electron chi connectivity index (χ0n) is 14.2. The van der Waals surface area contributed by atoms with Crippen LogP contribution in [-0.2, 0) is 6.42 Å². The molecule has 2 aromatic rings. The topological polar surface area (TPSA) is 76.1 Å². The summed E-state index contributed by atoms with van der Waals surface area (Å²) in [5.74, 6) is 0.609. The van der Waals surface area contributed by atoms with Crippen LogP contribution in [0.2, 0.25) is 0 Å². The monoisotopic (exact) mass is 348 g/mol. The van der Waals surface area contributed by atoms with Gasteiger partial charge in [0.2, 0.25) is 5.13 Å². The summed E-state index contributed by atoms with van der Waals surface area (Å²) in [4.78, 5) is 12.1. The molecule has 0 aliphatic rings. The minimum absolute atomic E-state index is 0.356. The first-order valence-corrected chi connectivity index (χ1v) is 9.08. The standard InChI is InChI=1S/C17H24N4O2S/c1-3-4-5-6-7-12-15-20-21-17(24-15)19-16(22)18-13-10-8-9-11-14(13)23-2/h8-11H,3-7,12H2,1-2H3,(H2,18,19,21,22). The number of unbranched alkanes of at least 4 members (excludes halogenated alkanes) is 4. The molecule has 0 saturated heterocycles. The van der Waals surface area contributed by atoms with E-state index < -0.39 is 0 Å². The Morgan fingerprint density at radius 3 is 2.71 bits per heavy atom. The summed E-state index contributed by atoms with van der Waals surface area (Å²) in [5, 5.41) is 15.1. The fourth-order valence-electron chi connectivity index (χ4n) is 2.28. The van der Waals surface area contributed by atoms with Crippen molar-refractivity contribution in [2.75, 3.05) is 17.7 Å². The Labute approximate surface area is 146 Å². The lowest BCUT2D eigenvalue weighted by atomic mass is 10.1. The van der Waals surface area contributed by atoms with Gasteiger partial charge in [-0.25, -0.2) is 4.79 Å². The molecule has 0 saturated carbocycles. The molecule has 2 N–H and O–H groups in total. The number of nitrogens with zero attached hydrogens (tertiary/aromatic N) is 2. The lowest BCUT2D eigenvalue weighted by molar-refractivity contribution is 0.262. The van der Waals surface area contributed by atoms with E-state index in [2.05, 4.69) is 27.8 Å². The average Bonchev–Trinajstić information content (AvgIpc) is 3.02. The van der Waals surface area contributed by atoms with Crippen LogP contribution >= 0.6 is 11.3 Å². The molecular weight excluding hydrogens is 324 g/mol. The van der Waals surface area contributed by atoms with Crippen molar-refractivity contribution in [3.8, 4) is 5.75 Å². The molecule has 2 amide bonds. The Hall–Kier alpha value is -2.15. The van der Waals surface area contributed by atoms with E-state index in [1.807, 2.05) is 12.1 Å². The fraction of sp³-hybridized carbons (Fsp3) is 0.471. The largest absolute Gasteiger partial charge is 0.495 e. The molecule has 1 aromatic carbocycles. The highest BCUT2D eigenvalue weighted by molar-refractivity contribution is 7.15. The highest BCUT2D eigenvalue weighted by Crippen LogP contribution is 2.23. The van der Waals surface area contributed by atoms with E-state index in [9.17, 15) is 4.79 Å². The van der Waals surface area contributed by atoms with Gasteiger partial charge < -0.3 is 10.1 Å². The Morgan fingerprint density at radius 1 is 1.12 bits per heavy atom. The van der Waals surface area contributed by atoms with E-state index in [-0.39, 0.29) is 6.03 Å². The maximum atomic E-state index is 12.1. The molecule has 130 valence electrons. The highest BCUT2D eigenvalue weighted by Gasteiger charge is 2.10. The molecule has 0 aliphatic carbocycles. The van der Waals surface area contributed by atoms with Crippen molar-refractivity contribution < 1.29 is 9.53 Å². The number of benzene rings is 1. The normalized spacial score (nSPS) is 10.4. The van der Waals surface area contributed by atoms with Gasteiger partial charge in [-0.1, -0.05) is 56.1 Å². The zero-order chi connectivity index (χ0) is 17.2. The molecule has 0 radical (unpaired) electrons. The average molecular weight is 348 g/mol. The molecule has 1 aromatic heterocycles. The van der Waals surface area contributed by atoms with E-state index in [0.717, 1.165) is 17.8 Å². The molecule has 2 rings (SSSR count). The van der Waals surface area contributed by atoms with Gasteiger partial charge in [0.05, 0.1) is 12.8 Å². The summed E-state index contributed by atoms with van der Waals surface area (Å²) in [5.41, 5.74) is 0.609. The predicted octanol–water partition coefficient (Wildman–Crippen LogP) is 4.70. The Kier molecular flexibility index (Phi) is 7.48. The molecular formula is C17H24N4O2S. The van der Waals surface area contributed by atoms with E-state index in [1.165, 1.54) is 37.0 Å². The summed E-state index contributed by atoms with van der Waals surface area (Å²) in [7, 11) is 1.57. The molecule has 7 heteroatoms. The molecule has 0 aliphatic heterocycles. The Balaban J connectivity index is 1.80. The van der Waals surface area contributed by atoms with Crippen molar-refractivity contribution in [3.05, 3.63) is 29.3 Å². The number of aryl methyl sites for hydroxylation is 1. The molecule has 6 nitrogen and oxygen atoms in total. The number of carbonyl (C=O) groups excluding carboxylic acids is 1. The van der Waals surface area contributed by atoms with Crippen molar-refractivity contribution >= 4 is 28.2 Å². The van der Waals surface area contributed by atoms with Gasteiger partial charge in [0, 0.05) is 6.42 Å². The maximum Gasteiger partial charge on any atom is 0.325 e. The van der Waals surface area contributed by atoms with Crippen LogP contribution in [0.4, 0.5) is 15.6 Å². The van der Waals surface area contributed by atoms with Gasteiger partial charge in [-0.15, -0.1) is 10.2 Å². The smallest absolute Gasteiger partial charge is 0.325 e. The zero-order valence-corrected chi connectivity index (χ0v) is 15.0. The van der Waals surface area contributed by atoms with Gasteiger partial charge in [-0.3, -0.25) is 5.32 Å². The van der Waals surface area contributed by atoms with E-state index in [0.29, 0.717) is 16.6 Å². The third-order valence-electron chi connectivity index (χ3n) is 3.54.